The number of nitrogens with zero attached hydrogens (tertiary/aromatic N) is 3. The Kier molecular flexibility index (Phi) is 5.63. The first kappa shape index (κ1) is 18.7. The summed E-state index contributed by atoms with van der Waals surface area (Å²) in [6, 6.07) is 0. The van der Waals surface area contributed by atoms with Gasteiger partial charge in [0.05, 0.1) is 18.8 Å². The molecule has 4 rings (SSSR count). The Bertz CT molecular complexity index is 859. The summed E-state index contributed by atoms with van der Waals surface area (Å²) in [7, 11) is 1.42. The maximum Gasteiger partial charge on any atom is 0.308 e. The number of amides is 1. The maximum atomic E-state index is 12.6. The van der Waals surface area contributed by atoms with Crippen molar-refractivity contribution in [3.05, 3.63) is 16.8 Å². The van der Waals surface area contributed by atoms with Gasteiger partial charge in [0.2, 0.25) is 5.91 Å². The lowest BCUT2D eigenvalue weighted by atomic mass is 9.97. The zero-order valence-electron chi connectivity index (χ0n) is 15.4. The van der Waals surface area contributed by atoms with Gasteiger partial charge in [-0.1, -0.05) is 11.8 Å². The van der Waals surface area contributed by atoms with Crippen LogP contribution in [0.2, 0.25) is 0 Å². The number of thioether (sulfide) groups is 1. The Morgan fingerprint density at radius 1 is 1.26 bits per heavy atom. The summed E-state index contributed by atoms with van der Waals surface area (Å²) in [6.45, 7) is 1.23. The number of esters is 1. The fraction of sp³-hybridized carbons (Fsp3) is 0.579. The largest absolute Gasteiger partial charge is 0.469 e. The van der Waals surface area contributed by atoms with Crippen LogP contribution in [0.25, 0.3) is 10.2 Å². The smallest absolute Gasteiger partial charge is 0.308 e. The van der Waals surface area contributed by atoms with Crippen LogP contribution in [0.1, 0.15) is 36.1 Å². The third-order valence-corrected chi connectivity index (χ3v) is 7.61. The quantitative estimate of drug-likeness (QED) is 0.442. The number of hydrogen-bond acceptors (Lipinski definition) is 7. The van der Waals surface area contributed by atoms with E-state index in [0.717, 1.165) is 22.7 Å². The highest BCUT2D eigenvalue weighted by Gasteiger charge is 2.28. The Labute approximate surface area is 166 Å². The minimum absolute atomic E-state index is 0.0782. The number of hydrogen-bond donors (Lipinski definition) is 0. The van der Waals surface area contributed by atoms with Crippen LogP contribution in [-0.2, 0) is 27.2 Å². The number of carbonyl (C=O) groups is 2. The Morgan fingerprint density at radius 3 is 2.81 bits per heavy atom. The van der Waals surface area contributed by atoms with Gasteiger partial charge in [-0.3, -0.25) is 9.59 Å². The third kappa shape index (κ3) is 3.82. The standard InChI is InChI=1S/C19H23N3O3S2/c1-25-19(24)12-6-8-22(9-7-12)15(23)10-26-17-16-13-4-2-3-5-14(13)27-18(16)21-11-20-17/h11-12H,2-10H2,1H3. The second-order valence-corrected chi connectivity index (χ2v) is 9.08. The Hall–Kier alpha value is -1.67. The summed E-state index contributed by atoms with van der Waals surface area (Å²) in [4.78, 5) is 37.5. The zero-order valence-corrected chi connectivity index (χ0v) is 17.0. The van der Waals surface area contributed by atoms with E-state index in [1.54, 1.807) is 17.7 Å². The predicted octanol–water partition coefficient (Wildman–Crippen LogP) is 3.07. The predicted molar refractivity (Wildman–Crippen MR) is 106 cm³/mol. The van der Waals surface area contributed by atoms with Crippen LogP contribution in [0.15, 0.2) is 11.4 Å². The average Bonchev–Trinajstić information content (AvgIpc) is 3.10. The molecule has 6 nitrogen and oxygen atoms in total. The van der Waals surface area contributed by atoms with Gasteiger partial charge in [-0.25, -0.2) is 9.97 Å². The summed E-state index contributed by atoms with van der Waals surface area (Å²) in [5, 5.41) is 2.09. The molecule has 1 saturated heterocycles. The summed E-state index contributed by atoms with van der Waals surface area (Å²) in [6.07, 6.45) is 7.65. The molecule has 2 aliphatic rings. The maximum absolute atomic E-state index is 12.6. The lowest BCUT2D eigenvalue weighted by molar-refractivity contribution is -0.148. The van der Waals surface area contributed by atoms with Crippen LogP contribution in [0.5, 0.6) is 0 Å². The van der Waals surface area contributed by atoms with Crippen molar-refractivity contribution >= 4 is 45.2 Å². The molecule has 0 atom stereocenters. The summed E-state index contributed by atoms with van der Waals surface area (Å²) in [5.41, 5.74) is 1.40. The fourth-order valence-electron chi connectivity index (χ4n) is 3.92. The van der Waals surface area contributed by atoms with Crippen molar-refractivity contribution in [3.63, 3.8) is 0 Å². The molecule has 3 heterocycles. The van der Waals surface area contributed by atoms with Crippen LogP contribution >= 0.6 is 23.1 Å². The molecule has 2 aromatic heterocycles. The number of thiophene rings is 1. The molecule has 0 bridgehead atoms. The fourth-order valence-corrected chi connectivity index (χ4v) is 6.15. The van der Waals surface area contributed by atoms with Gasteiger partial charge in [0.25, 0.3) is 0 Å². The SMILES string of the molecule is COC(=O)C1CCN(C(=O)CSc2ncnc3sc4c(c23)CCCC4)CC1. The minimum atomic E-state index is -0.165. The monoisotopic (exact) mass is 405 g/mol. The molecule has 1 aliphatic carbocycles. The van der Waals surface area contributed by atoms with Crippen molar-refractivity contribution in [2.75, 3.05) is 26.0 Å². The van der Waals surface area contributed by atoms with Gasteiger partial charge in [-0.15, -0.1) is 11.3 Å². The Morgan fingerprint density at radius 2 is 2.04 bits per heavy atom. The van der Waals surface area contributed by atoms with Crippen LogP contribution in [-0.4, -0.2) is 52.7 Å². The van der Waals surface area contributed by atoms with E-state index in [-0.39, 0.29) is 17.8 Å². The van der Waals surface area contributed by atoms with Gasteiger partial charge in [0.1, 0.15) is 16.2 Å². The normalized spacial score (nSPS) is 17.7. The molecular weight excluding hydrogens is 382 g/mol. The first-order valence-corrected chi connectivity index (χ1v) is 11.2. The van der Waals surface area contributed by atoms with E-state index >= 15 is 0 Å². The van der Waals surface area contributed by atoms with E-state index in [1.807, 2.05) is 4.90 Å². The van der Waals surface area contributed by atoms with E-state index in [9.17, 15) is 9.59 Å². The van der Waals surface area contributed by atoms with Crippen molar-refractivity contribution in [2.45, 2.75) is 43.6 Å². The first-order valence-electron chi connectivity index (χ1n) is 9.41. The molecule has 1 aliphatic heterocycles. The van der Waals surface area contributed by atoms with Crippen molar-refractivity contribution in [1.29, 1.82) is 0 Å². The molecule has 1 fully saturated rings. The molecule has 0 N–H and O–H groups in total. The van der Waals surface area contributed by atoms with Gasteiger partial charge in [-0.2, -0.15) is 0 Å². The highest BCUT2D eigenvalue weighted by molar-refractivity contribution is 8.00. The number of piperidine rings is 1. The average molecular weight is 406 g/mol. The van der Waals surface area contributed by atoms with E-state index in [2.05, 4.69) is 9.97 Å². The van der Waals surface area contributed by atoms with Gasteiger partial charge in [-0.05, 0) is 44.1 Å². The topological polar surface area (TPSA) is 72.4 Å². The second-order valence-electron chi connectivity index (χ2n) is 7.04. The van der Waals surface area contributed by atoms with Crippen LogP contribution in [0.3, 0.4) is 0 Å². The number of rotatable bonds is 4. The van der Waals surface area contributed by atoms with Crippen LogP contribution < -0.4 is 0 Å². The molecule has 2 aromatic rings. The molecule has 144 valence electrons. The lowest BCUT2D eigenvalue weighted by Crippen LogP contribution is -2.41. The molecule has 0 aromatic carbocycles. The highest BCUT2D eigenvalue weighted by atomic mass is 32.2. The minimum Gasteiger partial charge on any atom is -0.469 e. The first-order chi connectivity index (χ1) is 13.2. The van der Waals surface area contributed by atoms with Crippen LogP contribution in [0, 0.1) is 5.92 Å². The van der Waals surface area contributed by atoms with E-state index in [4.69, 9.17) is 4.74 Å². The molecule has 0 unspecified atom stereocenters. The number of aryl methyl sites for hydroxylation is 2. The molecule has 27 heavy (non-hydrogen) atoms. The van der Waals surface area contributed by atoms with Gasteiger partial charge in [0, 0.05) is 23.4 Å². The molecule has 8 heteroatoms. The summed E-state index contributed by atoms with van der Waals surface area (Å²) >= 11 is 3.29. The number of ether oxygens (including phenoxy) is 1. The number of carbonyl (C=O) groups excluding carboxylic acids is 2. The van der Waals surface area contributed by atoms with Crippen molar-refractivity contribution in [2.24, 2.45) is 5.92 Å². The van der Waals surface area contributed by atoms with E-state index in [1.165, 1.54) is 47.5 Å². The number of likely N-dealkylation sites (tertiary alicyclic amines) is 1. The third-order valence-electron chi connectivity index (χ3n) is 5.43. The number of aromatic nitrogens is 2. The molecule has 0 radical (unpaired) electrons. The second kappa shape index (κ2) is 8.14. The molecule has 0 spiro atoms. The summed E-state index contributed by atoms with van der Waals surface area (Å²) in [5.74, 6) is 0.242. The molecule has 1 amide bonds. The van der Waals surface area contributed by atoms with Gasteiger partial charge >= 0.3 is 5.97 Å². The van der Waals surface area contributed by atoms with E-state index in [0.29, 0.717) is 31.7 Å². The summed E-state index contributed by atoms with van der Waals surface area (Å²) < 4.78 is 4.81. The number of methoxy groups -OCH3 is 1. The van der Waals surface area contributed by atoms with Crippen molar-refractivity contribution in [3.8, 4) is 0 Å². The zero-order chi connectivity index (χ0) is 18.8. The molecule has 0 saturated carbocycles. The highest BCUT2D eigenvalue weighted by Crippen LogP contribution is 2.39. The van der Waals surface area contributed by atoms with E-state index < -0.39 is 0 Å². The number of fused-ring (bicyclic) bond motifs is 3. The van der Waals surface area contributed by atoms with Crippen molar-refractivity contribution < 1.29 is 14.3 Å². The van der Waals surface area contributed by atoms with Gasteiger partial charge < -0.3 is 9.64 Å². The lowest BCUT2D eigenvalue weighted by Gasteiger charge is -2.30. The Balaban J connectivity index is 1.41. The van der Waals surface area contributed by atoms with Gasteiger partial charge in [0.15, 0.2) is 0 Å². The van der Waals surface area contributed by atoms with Crippen molar-refractivity contribution in [1.82, 2.24) is 14.9 Å². The molecular formula is C19H23N3O3S2. The van der Waals surface area contributed by atoms with Crippen LogP contribution in [0.4, 0.5) is 0 Å².